The van der Waals surface area contributed by atoms with E-state index in [-0.39, 0.29) is 0 Å². The number of hydrogen-bond acceptors (Lipinski definition) is 2. The van der Waals surface area contributed by atoms with Gasteiger partial charge in [-0.1, -0.05) is 56.3 Å². The molecule has 1 aromatic rings. The lowest BCUT2D eigenvalue weighted by molar-refractivity contribution is 0.100. The lowest BCUT2D eigenvalue weighted by atomic mass is 9.95. The smallest absolute Gasteiger partial charge is 0.0449 e. The third-order valence-corrected chi connectivity index (χ3v) is 4.25. The van der Waals surface area contributed by atoms with E-state index in [0.717, 1.165) is 26.1 Å². The standard InChI is InChI=1S/C18H28N2/c1-4-5-9-12-20-14-17(16-10-7-6-8-11-16)19-13-18(20)15(2)3/h4-8,10-11,15,17-19H,9,12-14H2,1-3H3/b5-4+. The summed E-state index contributed by atoms with van der Waals surface area (Å²) in [7, 11) is 0. The number of allylic oxidation sites excluding steroid dienone is 1. The highest BCUT2D eigenvalue weighted by molar-refractivity contribution is 5.20. The topological polar surface area (TPSA) is 15.3 Å². The Kier molecular flexibility index (Phi) is 5.81. The normalized spacial score (nSPS) is 24.6. The van der Waals surface area contributed by atoms with Gasteiger partial charge in [-0.15, -0.1) is 0 Å². The summed E-state index contributed by atoms with van der Waals surface area (Å²) < 4.78 is 0. The zero-order valence-electron chi connectivity index (χ0n) is 13.0. The Morgan fingerprint density at radius 3 is 2.70 bits per heavy atom. The summed E-state index contributed by atoms with van der Waals surface area (Å²) in [6.45, 7) is 10.1. The van der Waals surface area contributed by atoms with Crippen LogP contribution in [0.4, 0.5) is 0 Å². The summed E-state index contributed by atoms with van der Waals surface area (Å²) in [5.41, 5.74) is 1.41. The molecule has 2 unspecified atom stereocenters. The van der Waals surface area contributed by atoms with Gasteiger partial charge in [-0.2, -0.15) is 0 Å². The van der Waals surface area contributed by atoms with Gasteiger partial charge in [0, 0.05) is 31.7 Å². The molecule has 2 rings (SSSR count). The molecule has 2 nitrogen and oxygen atoms in total. The first-order valence-electron chi connectivity index (χ1n) is 7.86. The molecule has 1 aliphatic rings. The van der Waals surface area contributed by atoms with Crippen molar-refractivity contribution < 1.29 is 0 Å². The molecule has 0 radical (unpaired) electrons. The molecule has 1 saturated heterocycles. The average molecular weight is 272 g/mol. The van der Waals surface area contributed by atoms with E-state index in [1.165, 1.54) is 5.56 Å². The van der Waals surface area contributed by atoms with E-state index < -0.39 is 0 Å². The SMILES string of the molecule is C/C=C/CCN1CC(c2ccccc2)NCC1C(C)C. The van der Waals surface area contributed by atoms with Gasteiger partial charge in [0.05, 0.1) is 0 Å². The molecule has 1 aromatic carbocycles. The Morgan fingerprint density at radius 2 is 2.05 bits per heavy atom. The third kappa shape index (κ3) is 3.94. The van der Waals surface area contributed by atoms with E-state index in [4.69, 9.17) is 0 Å². The Balaban J connectivity index is 2.03. The molecule has 0 bridgehead atoms. The maximum atomic E-state index is 3.73. The summed E-state index contributed by atoms with van der Waals surface area (Å²) in [6, 6.07) is 11.9. The van der Waals surface area contributed by atoms with E-state index in [0.29, 0.717) is 18.0 Å². The van der Waals surface area contributed by atoms with Crippen molar-refractivity contribution in [2.75, 3.05) is 19.6 Å². The number of benzene rings is 1. The molecular formula is C18H28N2. The van der Waals surface area contributed by atoms with Crippen LogP contribution in [0.3, 0.4) is 0 Å². The number of nitrogens with zero attached hydrogens (tertiary/aromatic N) is 1. The van der Waals surface area contributed by atoms with E-state index in [1.54, 1.807) is 0 Å². The molecule has 1 fully saturated rings. The van der Waals surface area contributed by atoms with Crippen LogP contribution in [0.1, 0.15) is 38.8 Å². The maximum Gasteiger partial charge on any atom is 0.0449 e. The molecule has 20 heavy (non-hydrogen) atoms. The minimum absolute atomic E-state index is 0.469. The molecule has 0 amide bonds. The fourth-order valence-electron chi connectivity index (χ4n) is 3.06. The van der Waals surface area contributed by atoms with Crippen LogP contribution < -0.4 is 5.32 Å². The molecule has 0 aliphatic carbocycles. The highest BCUT2D eigenvalue weighted by Gasteiger charge is 2.29. The molecule has 0 spiro atoms. The summed E-state index contributed by atoms with van der Waals surface area (Å²) in [5.74, 6) is 0.699. The predicted molar refractivity (Wildman–Crippen MR) is 86.8 cm³/mol. The highest BCUT2D eigenvalue weighted by atomic mass is 15.2. The Morgan fingerprint density at radius 1 is 1.30 bits per heavy atom. The van der Waals surface area contributed by atoms with Gasteiger partial charge in [0.25, 0.3) is 0 Å². The quantitative estimate of drug-likeness (QED) is 0.824. The van der Waals surface area contributed by atoms with Gasteiger partial charge < -0.3 is 5.32 Å². The number of nitrogens with one attached hydrogen (secondary N) is 1. The fourth-order valence-corrected chi connectivity index (χ4v) is 3.06. The second-order valence-electron chi connectivity index (χ2n) is 6.04. The van der Waals surface area contributed by atoms with Crippen molar-refractivity contribution >= 4 is 0 Å². The van der Waals surface area contributed by atoms with Crippen LogP contribution in [0.5, 0.6) is 0 Å². The lowest BCUT2D eigenvalue weighted by Crippen LogP contribution is -2.54. The zero-order chi connectivity index (χ0) is 14.4. The van der Waals surface area contributed by atoms with E-state index >= 15 is 0 Å². The molecule has 2 heteroatoms. The largest absolute Gasteiger partial charge is 0.307 e. The van der Waals surface area contributed by atoms with E-state index in [1.807, 2.05) is 0 Å². The monoisotopic (exact) mass is 272 g/mol. The Labute approximate surface area is 123 Å². The molecule has 110 valence electrons. The van der Waals surface area contributed by atoms with Crippen LogP contribution >= 0.6 is 0 Å². The van der Waals surface area contributed by atoms with Crippen molar-refractivity contribution in [1.82, 2.24) is 10.2 Å². The second-order valence-corrected chi connectivity index (χ2v) is 6.04. The molecule has 0 saturated carbocycles. The van der Waals surface area contributed by atoms with Gasteiger partial charge in [-0.25, -0.2) is 0 Å². The summed E-state index contributed by atoms with van der Waals surface area (Å²) in [5, 5.41) is 3.73. The van der Waals surface area contributed by atoms with Crippen LogP contribution in [0.15, 0.2) is 42.5 Å². The van der Waals surface area contributed by atoms with E-state index in [2.05, 4.69) is 73.5 Å². The van der Waals surface area contributed by atoms with Crippen LogP contribution in [0.2, 0.25) is 0 Å². The number of piperazine rings is 1. The predicted octanol–water partition coefficient (Wildman–Crippen LogP) is 3.62. The summed E-state index contributed by atoms with van der Waals surface area (Å²) in [4.78, 5) is 2.67. The fraction of sp³-hybridized carbons (Fsp3) is 0.556. The van der Waals surface area contributed by atoms with Gasteiger partial charge in [0.1, 0.15) is 0 Å². The Hall–Kier alpha value is -1.12. The minimum atomic E-state index is 0.469. The van der Waals surface area contributed by atoms with Crippen molar-refractivity contribution in [3.05, 3.63) is 48.0 Å². The Bertz CT molecular complexity index is 411. The average Bonchev–Trinajstić information content (AvgIpc) is 2.48. The number of rotatable bonds is 5. The zero-order valence-corrected chi connectivity index (χ0v) is 13.0. The van der Waals surface area contributed by atoms with Crippen molar-refractivity contribution in [3.8, 4) is 0 Å². The maximum absolute atomic E-state index is 3.73. The van der Waals surface area contributed by atoms with Crippen molar-refractivity contribution in [1.29, 1.82) is 0 Å². The van der Waals surface area contributed by atoms with E-state index in [9.17, 15) is 0 Å². The van der Waals surface area contributed by atoms with Crippen LogP contribution in [0, 0.1) is 5.92 Å². The van der Waals surface area contributed by atoms with Gasteiger partial charge in [0.15, 0.2) is 0 Å². The summed E-state index contributed by atoms with van der Waals surface area (Å²) >= 11 is 0. The first-order valence-corrected chi connectivity index (χ1v) is 7.86. The van der Waals surface area contributed by atoms with Gasteiger partial charge >= 0.3 is 0 Å². The van der Waals surface area contributed by atoms with Crippen LogP contribution in [0.25, 0.3) is 0 Å². The van der Waals surface area contributed by atoms with Crippen molar-refractivity contribution in [3.63, 3.8) is 0 Å². The molecule has 0 aromatic heterocycles. The molecule has 1 aliphatic heterocycles. The molecule has 2 atom stereocenters. The number of hydrogen-bond donors (Lipinski definition) is 1. The van der Waals surface area contributed by atoms with Gasteiger partial charge in [0.2, 0.25) is 0 Å². The second kappa shape index (κ2) is 7.61. The van der Waals surface area contributed by atoms with Crippen molar-refractivity contribution in [2.24, 2.45) is 5.92 Å². The van der Waals surface area contributed by atoms with Crippen LogP contribution in [-0.2, 0) is 0 Å². The molecular weight excluding hydrogens is 244 g/mol. The van der Waals surface area contributed by atoms with Gasteiger partial charge in [-0.3, -0.25) is 4.90 Å². The first-order chi connectivity index (χ1) is 9.72. The minimum Gasteiger partial charge on any atom is -0.307 e. The summed E-state index contributed by atoms with van der Waals surface area (Å²) in [6.07, 6.45) is 5.58. The van der Waals surface area contributed by atoms with Crippen molar-refractivity contribution in [2.45, 2.75) is 39.3 Å². The molecule has 1 N–H and O–H groups in total. The molecule has 1 heterocycles. The third-order valence-electron chi connectivity index (χ3n) is 4.25. The van der Waals surface area contributed by atoms with Gasteiger partial charge in [-0.05, 0) is 24.8 Å². The van der Waals surface area contributed by atoms with Crippen LogP contribution in [-0.4, -0.2) is 30.6 Å². The first kappa shape index (κ1) is 15.3. The highest BCUT2D eigenvalue weighted by Crippen LogP contribution is 2.23. The lowest BCUT2D eigenvalue weighted by Gasteiger charge is -2.42.